The lowest BCUT2D eigenvalue weighted by Gasteiger charge is -2.44. The number of carbonyl (C=O) groups excluding carboxylic acids is 1. The average Bonchev–Trinajstić information content (AvgIpc) is 3.76. The highest BCUT2D eigenvalue weighted by atomic mass is 32.1. The average molecular weight is 779 g/mol. The Morgan fingerprint density at radius 2 is 1.70 bits per heavy atom. The van der Waals surface area contributed by atoms with Crippen LogP contribution in [-0.4, -0.2) is 71.6 Å². The lowest BCUT2D eigenvalue weighted by Crippen LogP contribution is -2.52. The molecule has 5 aromatic rings. The number of pyridine rings is 1. The van der Waals surface area contributed by atoms with Crippen LogP contribution < -0.4 is 20.9 Å². The van der Waals surface area contributed by atoms with Gasteiger partial charge in [0.1, 0.15) is 17.6 Å². The minimum atomic E-state index is -0.747. The number of aliphatic hydroxyl groups excluding tert-OH is 1. The number of unbranched alkanes of at least 4 members (excludes halogenated alkanes) is 6. The minimum absolute atomic E-state index is 0.0100. The molecule has 1 amide bonds. The maximum absolute atomic E-state index is 13.5. The number of alkyl carbamates (subject to hydrolysis) is 1. The van der Waals surface area contributed by atoms with Gasteiger partial charge in [0.05, 0.1) is 24.3 Å². The van der Waals surface area contributed by atoms with Crippen LogP contribution in [0.5, 0.6) is 11.5 Å². The van der Waals surface area contributed by atoms with Crippen molar-refractivity contribution < 1.29 is 24.5 Å². The quantitative estimate of drug-likeness (QED) is 0.0529. The number of aromatic amines is 1. The first-order valence-electron chi connectivity index (χ1n) is 20.2. The van der Waals surface area contributed by atoms with E-state index in [0.717, 1.165) is 105 Å². The zero-order valence-corrected chi connectivity index (χ0v) is 32.8. The molecule has 0 aliphatic carbocycles. The number of hydrogen-bond donors (Lipinski definition) is 5. The summed E-state index contributed by atoms with van der Waals surface area (Å²) in [7, 11) is 0. The molecule has 3 aliphatic rings. The first kappa shape index (κ1) is 39.6. The summed E-state index contributed by atoms with van der Waals surface area (Å²) in [5.41, 5.74) is 3.79. The molecule has 3 aliphatic heterocycles. The predicted octanol–water partition coefficient (Wildman–Crippen LogP) is 8.30. The van der Waals surface area contributed by atoms with E-state index in [4.69, 9.17) is 9.47 Å². The summed E-state index contributed by atoms with van der Waals surface area (Å²) in [6.07, 6.45) is 8.67. The minimum Gasteiger partial charge on any atom is -0.506 e. The van der Waals surface area contributed by atoms with Crippen LogP contribution in [0.4, 0.5) is 4.79 Å². The molecule has 0 spiro atoms. The SMILES string of the molecule is O=C(NC(c1cccc(OCCCCCCCCCNC[C@H](O)c2ccc(O)c3[nH]c(=O)ccc23)c1)c1ccccc1-c1cccs1)O[C@H]1CN2CCC1CC2. The first-order valence-corrected chi connectivity index (χ1v) is 21.1. The molecule has 0 saturated carbocycles. The van der Waals surface area contributed by atoms with Gasteiger partial charge in [0.2, 0.25) is 5.56 Å². The van der Waals surface area contributed by atoms with Crippen LogP contribution in [-0.2, 0) is 4.74 Å². The Hall–Kier alpha value is -4.68. The van der Waals surface area contributed by atoms with Crippen molar-refractivity contribution in [2.75, 3.05) is 39.3 Å². The fraction of sp³-hybridized carbons (Fsp3) is 0.422. The van der Waals surface area contributed by atoms with Crippen LogP contribution in [0, 0.1) is 5.92 Å². The molecule has 2 aromatic heterocycles. The topological polar surface area (TPSA) is 136 Å². The van der Waals surface area contributed by atoms with Crippen LogP contribution >= 0.6 is 11.3 Å². The van der Waals surface area contributed by atoms with E-state index in [1.54, 1.807) is 23.5 Å². The van der Waals surface area contributed by atoms with Gasteiger partial charge in [-0.05, 0) is 109 Å². The Labute approximate surface area is 332 Å². The van der Waals surface area contributed by atoms with Gasteiger partial charge < -0.3 is 35.3 Å². The number of hydrogen-bond acceptors (Lipinski definition) is 9. The number of carbonyl (C=O) groups is 1. The Bertz CT molecular complexity index is 2080. The highest BCUT2D eigenvalue weighted by molar-refractivity contribution is 7.13. The highest BCUT2D eigenvalue weighted by Gasteiger charge is 2.37. The smallest absolute Gasteiger partial charge is 0.408 e. The molecule has 3 fully saturated rings. The molecule has 5 heterocycles. The molecule has 0 radical (unpaired) electrons. The van der Waals surface area contributed by atoms with Gasteiger partial charge in [-0.25, -0.2) is 4.79 Å². The van der Waals surface area contributed by atoms with E-state index < -0.39 is 12.1 Å². The van der Waals surface area contributed by atoms with E-state index in [9.17, 15) is 19.8 Å². The molecule has 3 saturated heterocycles. The second kappa shape index (κ2) is 19.5. The van der Waals surface area contributed by atoms with Crippen LogP contribution in [0.2, 0.25) is 0 Å². The van der Waals surface area contributed by atoms with E-state index in [2.05, 4.69) is 56.2 Å². The fourth-order valence-corrected chi connectivity index (χ4v) is 8.96. The standard InChI is InChI=1S/C45H54N4O6S/c50-38-19-17-34(37-18-20-42(52)47-44(37)38)39(51)29-46-23-8-4-2-1-3-5-9-26-54-33-13-10-12-32(28-33)43(36-15-7-6-14-35(36)41-16-11-27-56-41)48-45(53)55-40-30-49-24-21-31(40)22-25-49/h6-7,10-20,27-28,31,39-40,43,46,50-51H,1-5,8-9,21-26,29-30H2,(H,47,52)(H,48,53)/t39-,40-,43?/m0/s1. The van der Waals surface area contributed by atoms with Gasteiger partial charge in [0.15, 0.2) is 0 Å². The van der Waals surface area contributed by atoms with Gasteiger partial charge >= 0.3 is 6.09 Å². The molecule has 11 heteroatoms. The van der Waals surface area contributed by atoms with Crippen molar-refractivity contribution in [2.24, 2.45) is 5.92 Å². The Morgan fingerprint density at radius 1 is 0.893 bits per heavy atom. The summed E-state index contributed by atoms with van der Waals surface area (Å²) in [4.78, 5) is 31.4. The molecule has 2 bridgehead atoms. The molecule has 3 atom stereocenters. The van der Waals surface area contributed by atoms with Crippen molar-refractivity contribution in [1.82, 2.24) is 20.5 Å². The third-order valence-corrected chi connectivity index (χ3v) is 12.1. The number of aliphatic hydroxyl groups is 1. The van der Waals surface area contributed by atoms with Crippen molar-refractivity contribution in [3.05, 3.63) is 117 Å². The number of amides is 1. The second-order valence-electron chi connectivity index (χ2n) is 15.1. The number of nitrogens with one attached hydrogen (secondary N) is 3. The number of rotatable bonds is 19. The maximum atomic E-state index is 13.5. The summed E-state index contributed by atoms with van der Waals surface area (Å²) < 4.78 is 12.3. The van der Waals surface area contributed by atoms with Crippen LogP contribution in [0.3, 0.4) is 0 Å². The molecular formula is C45H54N4O6S. The number of aromatic nitrogens is 1. The number of benzene rings is 3. The number of ether oxygens (including phenoxy) is 2. The number of piperidine rings is 3. The van der Waals surface area contributed by atoms with Crippen LogP contribution in [0.25, 0.3) is 21.3 Å². The summed E-state index contributed by atoms with van der Waals surface area (Å²) in [5.74, 6) is 1.22. The van der Waals surface area contributed by atoms with Gasteiger partial charge in [-0.15, -0.1) is 11.3 Å². The monoisotopic (exact) mass is 778 g/mol. The lowest BCUT2D eigenvalue weighted by atomic mass is 9.86. The summed E-state index contributed by atoms with van der Waals surface area (Å²) in [6, 6.07) is 26.4. The molecule has 56 heavy (non-hydrogen) atoms. The van der Waals surface area contributed by atoms with E-state index in [0.29, 0.717) is 35.5 Å². The number of nitrogens with zero attached hydrogens (tertiary/aromatic N) is 1. The summed E-state index contributed by atoms with van der Waals surface area (Å²) in [5, 5.41) is 30.2. The zero-order valence-electron chi connectivity index (χ0n) is 32.0. The van der Waals surface area contributed by atoms with Crippen molar-refractivity contribution in [1.29, 1.82) is 0 Å². The van der Waals surface area contributed by atoms with Crippen molar-refractivity contribution in [3.63, 3.8) is 0 Å². The normalized spacial score (nSPS) is 18.8. The fourth-order valence-electron chi connectivity index (χ4n) is 8.19. The van der Waals surface area contributed by atoms with Crippen molar-refractivity contribution in [2.45, 2.75) is 76.0 Å². The molecule has 3 aromatic carbocycles. The van der Waals surface area contributed by atoms with Gasteiger partial charge in [-0.1, -0.05) is 80.6 Å². The van der Waals surface area contributed by atoms with Gasteiger partial charge in [0.25, 0.3) is 0 Å². The van der Waals surface area contributed by atoms with Crippen molar-refractivity contribution >= 4 is 28.3 Å². The third-order valence-electron chi connectivity index (χ3n) is 11.2. The van der Waals surface area contributed by atoms with Gasteiger partial charge in [-0.3, -0.25) is 9.69 Å². The first-order chi connectivity index (χ1) is 27.4. The summed E-state index contributed by atoms with van der Waals surface area (Å²) in [6.45, 7) is 4.85. The number of phenols is 1. The van der Waals surface area contributed by atoms with Crippen molar-refractivity contribution in [3.8, 4) is 21.9 Å². The summed E-state index contributed by atoms with van der Waals surface area (Å²) >= 11 is 1.69. The van der Waals surface area contributed by atoms with Gasteiger partial charge in [-0.2, -0.15) is 0 Å². The van der Waals surface area contributed by atoms with E-state index in [1.165, 1.54) is 18.6 Å². The molecular weight excluding hydrogens is 725 g/mol. The largest absolute Gasteiger partial charge is 0.506 e. The molecule has 8 rings (SSSR count). The lowest BCUT2D eigenvalue weighted by molar-refractivity contribution is -0.0336. The van der Waals surface area contributed by atoms with E-state index in [-0.39, 0.29) is 23.5 Å². The predicted molar refractivity (Wildman–Crippen MR) is 222 cm³/mol. The molecule has 296 valence electrons. The van der Waals surface area contributed by atoms with Crippen LogP contribution in [0.15, 0.2) is 95.1 Å². The second-order valence-corrected chi connectivity index (χ2v) is 16.1. The Morgan fingerprint density at radius 3 is 2.48 bits per heavy atom. The Balaban J connectivity index is 0.839. The maximum Gasteiger partial charge on any atom is 0.408 e. The van der Waals surface area contributed by atoms with E-state index in [1.807, 2.05) is 30.3 Å². The number of H-pyrrole nitrogens is 1. The number of thiophene rings is 1. The molecule has 5 N–H and O–H groups in total. The molecule has 1 unspecified atom stereocenters. The molecule has 10 nitrogen and oxygen atoms in total. The number of fused-ring (bicyclic) bond motifs is 4. The third kappa shape index (κ3) is 10.2. The number of aromatic hydroxyl groups is 1. The number of phenolic OH excluding ortho intramolecular Hbond substituents is 1. The highest BCUT2D eigenvalue weighted by Crippen LogP contribution is 2.36. The van der Waals surface area contributed by atoms with E-state index >= 15 is 0 Å². The zero-order chi connectivity index (χ0) is 38.7. The van der Waals surface area contributed by atoms with Gasteiger partial charge in [0, 0.05) is 29.4 Å². The van der Waals surface area contributed by atoms with Crippen LogP contribution in [0.1, 0.15) is 86.6 Å². The Kier molecular flexibility index (Phi) is 13.7.